The van der Waals surface area contributed by atoms with Crippen molar-refractivity contribution < 1.29 is 0 Å². The van der Waals surface area contributed by atoms with Gasteiger partial charge in [0.1, 0.15) is 0 Å². The molecule has 14 heavy (non-hydrogen) atoms. The van der Waals surface area contributed by atoms with Crippen LogP contribution >= 0.6 is 11.3 Å². The van der Waals surface area contributed by atoms with Crippen molar-refractivity contribution >= 4 is 16.3 Å². The molecule has 1 heterocycles. The Kier molecular flexibility index (Phi) is 5.02. The lowest BCUT2D eigenvalue weighted by atomic mass is 10.0. The van der Waals surface area contributed by atoms with Gasteiger partial charge in [-0.15, -0.1) is 11.3 Å². The van der Waals surface area contributed by atoms with Crippen molar-refractivity contribution in [2.24, 2.45) is 0 Å². The zero-order valence-electron chi connectivity index (χ0n) is 9.31. The van der Waals surface area contributed by atoms with E-state index in [1.165, 1.54) is 49.7 Å². The smallest absolute Gasteiger partial charge is 0.0891 e. The van der Waals surface area contributed by atoms with Crippen LogP contribution < -0.4 is 5.73 Å². The summed E-state index contributed by atoms with van der Waals surface area (Å²) in [5.74, 6) is 0. The summed E-state index contributed by atoms with van der Waals surface area (Å²) in [5, 5.41) is 3.29. The highest BCUT2D eigenvalue weighted by Gasteiger charge is 2.07. The minimum absolute atomic E-state index is 1.05. The van der Waals surface area contributed by atoms with Gasteiger partial charge in [-0.2, -0.15) is 0 Å². The first-order valence-electron chi connectivity index (χ1n) is 5.64. The summed E-state index contributed by atoms with van der Waals surface area (Å²) >= 11 is 1.71. The lowest BCUT2D eigenvalue weighted by Gasteiger charge is -2.03. The summed E-state index contributed by atoms with van der Waals surface area (Å²) in [6, 6.07) is 0. The van der Waals surface area contributed by atoms with E-state index in [-0.39, 0.29) is 0 Å². The SMILES string of the molecule is CCCCc1csc(N)c1CCCC. The van der Waals surface area contributed by atoms with Crippen molar-refractivity contribution in [2.45, 2.75) is 52.4 Å². The van der Waals surface area contributed by atoms with Crippen LogP contribution in [-0.2, 0) is 12.8 Å². The first kappa shape index (κ1) is 11.6. The molecule has 0 saturated heterocycles. The molecular formula is C12H21NS. The topological polar surface area (TPSA) is 26.0 Å². The maximum absolute atomic E-state index is 5.97. The van der Waals surface area contributed by atoms with Gasteiger partial charge in [0.15, 0.2) is 0 Å². The van der Waals surface area contributed by atoms with E-state index in [0.29, 0.717) is 0 Å². The fraction of sp³-hybridized carbons (Fsp3) is 0.667. The number of unbranched alkanes of at least 4 members (excludes halogenated alkanes) is 2. The number of hydrogen-bond donors (Lipinski definition) is 1. The average molecular weight is 211 g/mol. The molecule has 1 aromatic heterocycles. The summed E-state index contributed by atoms with van der Waals surface area (Å²) in [6.07, 6.45) is 7.45. The second-order valence-corrected chi connectivity index (χ2v) is 4.72. The molecular weight excluding hydrogens is 190 g/mol. The van der Waals surface area contributed by atoms with Gasteiger partial charge in [-0.25, -0.2) is 0 Å². The van der Waals surface area contributed by atoms with Crippen molar-refractivity contribution in [1.82, 2.24) is 0 Å². The molecule has 0 atom stereocenters. The Morgan fingerprint density at radius 3 is 2.43 bits per heavy atom. The van der Waals surface area contributed by atoms with Gasteiger partial charge in [0.05, 0.1) is 5.00 Å². The Morgan fingerprint density at radius 1 is 1.14 bits per heavy atom. The average Bonchev–Trinajstić information content (AvgIpc) is 2.53. The number of rotatable bonds is 6. The molecule has 1 rings (SSSR count). The molecule has 0 aromatic carbocycles. The van der Waals surface area contributed by atoms with E-state index in [0.717, 1.165) is 5.00 Å². The molecule has 0 aliphatic rings. The van der Waals surface area contributed by atoms with Gasteiger partial charge in [-0.1, -0.05) is 26.7 Å². The molecule has 2 N–H and O–H groups in total. The number of anilines is 1. The third kappa shape index (κ3) is 3.02. The van der Waals surface area contributed by atoms with Gasteiger partial charge in [0.2, 0.25) is 0 Å². The quantitative estimate of drug-likeness (QED) is 0.755. The molecule has 0 aliphatic carbocycles. The van der Waals surface area contributed by atoms with Crippen LogP contribution in [0, 0.1) is 0 Å². The first-order chi connectivity index (χ1) is 6.79. The molecule has 0 saturated carbocycles. The second kappa shape index (κ2) is 6.07. The van der Waals surface area contributed by atoms with Crippen molar-refractivity contribution in [2.75, 3.05) is 5.73 Å². The zero-order valence-corrected chi connectivity index (χ0v) is 10.1. The van der Waals surface area contributed by atoms with Crippen molar-refractivity contribution in [3.63, 3.8) is 0 Å². The normalized spacial score (nSPS) is 10.7. The minimum Gasteiger partial charge on any atom is -0.390 e. The van der Waals surface area contributed by atoms with Gasteiger partial charge in [0.25, 0.3) is 0 Å². The number of aryl methyl sites for hydroxylation is 1. The maximum atomic E-state index is 5.97. The van der Waals surface area contributed by atoms with Gasteiger partial charge < -0.3 is 5.73 Å². The fourth-order valence-electron chi connectivity index (χ4n) is 1.65. The Labute approximate surface area is 91.3 Å². The summed E-state index contributed by atoms with van der Waals surface area (Å²) in [7, 11) is 0. The van der Waals surface area contributed by atoms with E-state index < -0.39 is 0 Å². The molecule has 0 unspecified atom stereocenters. The van der Waals surface area contributed by atoms with E-state index in [4.69, 9.17) is 5.73 Å². The fourth-order valence-corrected chi connectivity index (χ4v) is 2.55. The molecule has 0 fully saturated rings. The number of hydrogen-bond acceptors (Lipinski definition) is 2. The first-order valence-corrected chi connectivity index (χ1v) is 6.52. The van der Waals surface area contributed by atoms with Crippen LogP contribution in [-0.4, -0.2) is 0 Å². The Balaban J connectivity index is 2.62. The van der Waals surface area contributed by atoms with Crippen LogP contribution in [0.15, 0.2) is 5.38 Å². The summed E-state index contributed by atoms with van der Waals surface area (Å²) in [6.45, 7) is 4.47. The molecule has 1 nitrogen and oxygen atoms in total. The van der Waals surface area contributed by atoms with E-state index in [1.54, 1.807) is 11.3 Å². The number of nitrogens with two attached hydrogens (primary N) is 1. The van der Waals surface area contributed by atoms with E-state index in [9.17, 15) is 0 Å². The monoisotopic (exact) mass is 211 g/mol. The van der Waals surface area contributed by atoms with Crippen LogP contribution in [0.5, 0.6) is 0 Å². The minimum atomic E-state index is 1.05. The van der Waals surface area contributed by atoms with E-state index in [1.807, 2.05) is 0 Å². The third-order valence-electron chi connectivity index (χ3n) is 2.59. The molecule has 0 bridgehead atoms. The summed E-state index contributed by atoms with van der Waals surface area (Å²) in [5.41, 5.74) is 8.91. The molecule has 1 aromatic rings. The largest absolute Gasteiger partial charge is 0.390 e. The number of thiophene rings is 1. The highest BCUT2D eigenvalue weighted by atomic mass is 32.1. The molecule has 80 valence electrons. The van der Waals surface area contributed by atoms with Crippen LogP contribution in [0.3, 0.4) is 0 Å². The third-order valence-corrected chi connectivity index (χ3v) is 3.50. The van der Waals surface area contributed by atoms with Crippen LogP contribution in [0.25, 0.3) is 0 Å². The van der Waals surface area contributed by atoms with Gasteiger partial charge >= 0.3 is 0 Å². The van der Waals surface area contributed by atoms with Crippen LogP contribution in [0.4, 0.5) is 5.00 Å². The van der Waals surface area contributed by atoms with Crippen LogP contribution in [0.2, 0.25) is 0 Å². The predicted molar refractivity (Wildman–Crippen MR) is 66.0 cm³/mol. The Hall–Kier alpha value is -0.500. The molecule has 0 spiro atoms. The van der Waals surface area contributed by atoms with Gasteiger partial charge in [0, 0.05) is 0 Å². The molecule has 0 aliphatic heterocycles. The molecule has 0 amide bonds. The van der Waals surface area contributed by atoms with Crippen molar-refractivity contribution in [3.05, 3.63) is 16.5 Å². The summed E-state index contributed by atoms with van der Waals surface area (Å²) in [4.78, 5) is 0. The lowest BCUT2D eigenvalue weighted by Crippen LogP contribution is -1.94. The standard InChI is InChI=1S/C12H21NS/c1-3-5-7-10-9-14-12(13)11(10)8-6-4-2/h9H,3-8,13H2,1-2H3. The highest BCUT2D eigenvalue weighted by Crippen LogP contribution is 2.27. The van der Waals surface area contributed by atoms with Crippen LogP contribution in [0.1, 0.15) is 50.7 Å². The van der Waals surface area contributed by atoms with E-state index >= 15 is 0 Å². The number of nitrogen functional groups attached to an aromatic ring is 1. The maximum Gasteiger partial charge on any atom is 0.0891 e. The second-order valence-electron chi connectivity index (χ2n) is 3.81. The van der Waals surface area contributed by atoms with Crippen molar-refractivity contribution in [1.29, 1.82) is 0 Å². The highest BCUT2D eigenvalue weighted by molar-refractivity contribution is 7.14. The zero-order chi connectivity index (χ0) is 10.4. The van der Waals surface area contributed by atoms with Gasteiger partial charge in [-0.05, 0) is 42.2 Å². The van der Waals surface area contributed by atoms with Gasteiger partial charge in [-0.3, -0.25) is 0 Å². The molecule has 2 heteroatoms. The predicted octanol–water partition coefficient (Wildman–Crippen LogP) is 4.02. The lowest BCUT2D eigenvalue weighted by molar-refractivity contribution is 0.763. The van der Waals surface area contributed by atoms with Crippen molar-refractivity contribution in [3.8, 4) is 0 Å². The Bertz CT molecular complexity index is 265. The molecule has 0 radical (unpaired) electrons. The Morgan fingerprint density at radius 2 is 1.79 bits per heavy atom. The van der Waals surface area contributed by atoms with E-state index in [2.05, 4.69) is 19.2 Å². The summed E-state index contributed by atoms with van der Waals surface area (Å²) < 4.78 is 0.